The molecule has 0 saturated carbocycles. The minimum atomic E-state index is -0.599. The first-order chi connectivity index (χ1) is 19.2. The molecule has 2 amide bonds. The van der Waals surface area contributed by atoms with E-state index in [1.807, 2.05) is 0 Å². The maximum Gasteiger partial charge on any atom is 0.256 e. The number of rotatable bonds is 15. The summed E-state index contributed by atoms with van der Waals surface area (Å²) in [5, 5.41) is 5.40. The van der Waals surface area contributed by atoms with Crippen LogP contribution in [0.2, 0.25) is 20.1 Å². The van der Waals surface area contributed by atoms with E-state index in [9.17, 15) is 9.59 Å². The Morgan fingerprint density at radius 1 is 0.875 bits per heavy atom. The number of nitrogens with one attached hydrogen (secondary N) is 2. The highest BCUT2D eigenvalue weighted by Crippen LogP contribution is 2.38. The third-order valence-corrected chi connectivity index (χ3v) is 8.02. The van der Waals surface area contributed by atoms with Crippen LogP contribution in [0.5, 0.6) is 0 Å². The van der Waals surface area contributed by atoms with Gasteiger partial charge in [-0.05, 0) is 43.7 Å². The van der Waals surface area contributed by atoms with Crippen LogP contribution in [-0.2, 0) is 9.59 Å². The van der Waals surface area contributed by atoms with Crippen LogP contribution in [0, 0.1) is 5.92 Å². The van der Waals surface area contributed by atoms with E-state index >= 15 is 0 Å². The standard InChI is InChI=1S/C30H38Cl4N4O2/c1-3-4-5-6-7-8-9-10-11-12-13-14-27(39)35-22-15-16-23(32)26(19-22)36-29-20(2)30(40)38(37-29)28-24(33)17-21(31)18-25(28)34/h15-20H,3-14H2,1-2H3,(H,35,39)(H,36,37). The minimum absolute atomic E-state index is 0.0439. The Balaban J connectivity index is 1.51. The Kier molecular flexibility index (Phi) is 13.4. The first kappa shape index (κ1) is 32.5. The number of carbonyl (C=O) groups excluding carboxylic acids is 2. The highest BCUT2D eigenvalue weighted by molar-refractivity contribution is 6.43. The van der Waals surface area contributed by atoms with Crippen LogP contribution in [0.3, 0.4) is 0 Å². The smallest absolute Gasteiger partial charge is 0.256 e. The van der Waals surface area contributed by atoms with Gasteiger partial charge in [-0.15, -0.1) is 0 Å². The summed E-state index contributed by atoms with van der Waals surface area (Å²) in [6.07, 6.45) is 14.1. The van der Waals surface area contributed by atoms with Crippen molar-refractivity contribution in [2.24, 2.45) is 10.9 Å². The maximum absolute atomic E-state index is 13.0. The van der Waals surface area contributed by atoms with Crippen molar-refractivity contribution in [1.29, 1.82) is 0 Å². The second-order valence-corrected chi connectivity index (χ2v) is 11.9. The fourth-order valence-electron chi connectivity index (χ4n) is 4.59. The van der Waals surface area contributed by atoms with E-state index in [1.165, 1.54) is 68.5 Å². The zero-order valence-electron chi connectivity index (χ0n) is 23.2. The van der Waals surface area contributed by atoms with E-state index in [-0.39, 0.29) is 21.9 Å². The number of nitrogens with zero attached hydrogens (tertiary/aromatic N) is 2. The number of benzene rings is 2. The Morgan fingerprint density at radius 3 is 2.05 bits per heavy atom. The summed E-state index contributed by atoms with van der Waals surface area (Å²) in [6, 6.07) is 8.13. The minimum Gasteiger partial charge on any atom is -0.326 e. The molecule has 218 valence electrons. The molecular formula is C30H38Cl4N4O2. The number of anilines is 2. The van der Waals surface area contributed by atoms with E-state index in [2.05, 4.69) is 22.7 Å². The number of amides is 2. The Bertz CT molecular complexity index is 1180. The molecule has 10 heteroatoms. The van der Waals surface area contributed by atoms with E-state index < -0.39 is 5.92 Å². The third kappa shape index (κ3) is 9.54. The number of unbranched alkanes of at least 4 members (excludes halogenated alkanes) is 10. The molecule has 2 aromatic carbocycles. The number of hydrogen-bond acceptors (Lipinski definition) is 3. The van der Waals surface area contributed by atoms with Gasteiger partial charge in [0.25, 0.3) is 5.91 Å². The summed E-state index contributed by atoms with van der Waals surface area (Å²) in [7, 11) is 0. The van der Waals surface area contributed by atoms with E-state index in [1.54, 1.807) is 25.1 Å². The molecule has 1 atom stereocenters. The van der Waals surface area contributed by atoms with Crippen molar-refractivity contribution in [3.05, 3.63) is 50.4 Å². The fourth-order valence-corrected chi connectivity index (χ4v) is 5.74. The summed E-state index contributed by atoms with van der Waals surface area (Å²) >= 11 is 25.1. The van der Waals surface area contributed by atoms with E-state index in [4.69, 9.17) is 46.4 Å². The second kappa shape index (κ2) is 16.5. The number of carbonyl (C=O) groups is 2. The van der Waals surface area contributed by atoms with Crippen LogP contribution in [0.15, 0.2) is 35.3 Å². The maximum atomic E-state index is 13.0. The van der Waals surface area contributed by atoms with Gasteiger partial charge < -0.3 is 5.32 Å². The fraction of sp³-hybridized carbons (Fsp3) is 0.500. The molecule has 0 bridgehead atoms. The number of amidine groups is 1. The molecule has 1 unspecified atom stereocenters. The van der Waals surface area contributed by atoms with Gasteiger partial charge >= 0.3 is 0 Å². The molecule has 40 heavy (non-hydrogen) atoms. The molecule has 3 rings (SSSR count). The van der Waals surface area contributed by atoms with Gasteiger partial charge in [-0.3, -0.25) is 15.0 Å². The summed E-state index contributed by atoms with van der Waals surface area (Å²) < 4.78 is 0. The molecular weight excluding hydrogens is 590 g/mol. The average molecular weight is 628 g/mol. The van der Waals surface area contributed by atoms with E-state index in [0.717, 1.165) is 19.3 Å². The molecule has 6 nitrogen and oxygen atoms in total. The van der Waals surface area contributed by atoms with Gasteiger partial charge in [0.1, 0.15) is 11.5 Å². The SMILES string of the molecule is CCCCCCCCCCCCCC(=O)Nc1ccc(Cl)c(N=C2NN(c3c(Cl)cc(Cl)cc3Cl)C(=O)C2C)c1. The molecule has 2 aromatic rings. The van der Waals surface area contributed by atoms with Gasteiger partial charge in [0, 0.05) is 17.1 Å². The number of hydrogen-bond donors (Lipinski definition) is 2. The van der Waals surface area contributed by atoms with E-state index in [0.29, 0.717) is 39.4 Å². The van der Waals surface area contributed by atoms with Crippen LogP contribution < -0.4 is 15.8 Å². The molecule has 0 radical (unpaired) electrons. The lowest BCUT2D eigenvalue weighted by Gasteiger charge is -2.19. The monoisotopic (exact) mass is 626 g/mol. The lowest BCUT2D eigenvalue weighted by atomic mass is 10.1. The largest absolute Gasteiger partial charge is 0.326 e. The molecule has 1 aliphatic heterocycles. The zero-order chi connectivity index (χ0) is 29.1. The van der Waals surface area contributed by atoms with Crippen molar-refractivity contribution in [2.45, 2.75) is 90.9 Å². The van der Waals surface area contributed by atoms with Gasteiger partial charge in [-0.25, -0.2) is 10.0 Å². The first-order valence-electron chi connectivity index (χ1n) is 14.1. The Morgan fingerprint density at radius 2 is 1.45 bits per heavy atom. The zero-order valence-corrected chi connectivity index (χ0v) is 26.2. The molecule has 0 aromatic heterocycles. The second-order valence-electron chi connectivity index (χ2n) is 10.2. The van der Waals surface area contributed by atoms with Crippen LogP contribution in [0.1, 0.15) is 90.9 Å². The van der Waals surface area contributed by atoms with Crippen LogP contribution in [0.25, 0.3) is 0 Å². The van der Waals surface area contributed by atoms with Crippen LogP contribution in [0.4, 0.5) is 17.1 Å². The van der Waals surface area contributed by atoms with Crippen molar-refractivity contribution in [2.75, 3.05) is 10.3 Å². The van der Waals surface area contributed by atoms with Crippen molar-refractivity contribution in [1.82, 2.24) is 5.43 Å². The Hall–Kier alpha value is -1.99. The molecule has 1 saturated heterocycles. The third-order valence-electron chi connectivity index (χ3n) is 6.91. The van der Waals surface area contributed by atoms with Crippen molar-refractivity contribution >= 4 is 81.1 Å². The van der Waals surface area contributed by atoms with Crippen molar-refractivity contribution in [3.8, 4) is 0 Å². The van der Waals surface area contributed by atoms with Crippen molar-refractivity contribution < 1.29 is 9.59 Å². The lowest BCUT2D eigenvalue weighted by molar-refractivity contribution is -0.119. The highest BCUT2D eigenvalue weighted by atomic mass is 35.5. The molecule has 1 fully saturated rings. The normalized spacial score (nSPS) is 16.1. The van der Waals surface area contributed by atoms with Crippen LogP contribution in [-0.4, -0.2) is 17.6 Å². The number of aliphatic imine (C=N–C) groups is 1. The van der Waals surface area contributed by atoms with Gasteiger partial charge in [-0.1, -0.05) is 118 Å². The van der Waals surface area contributed by atoms with Crippen LogP contribution >= 0.6 is 46.4 Å². The van der Waals surface area contributed by atoms with Crippen molar-refractivity contribution in [3.63, 3.8) is 0 Å². The summed E-state index contributed by atoms with van der Waals surface area (Å²) in [5.41, 5.74) is 4.29. The quantitative estimate of drug-likeness (QED) is 0.193. The lowest BCUT2D eigenvalue weighted by Crippen LogP contribution is -2.36. The first-order valence-corrected chi connectivity index (χ1v) is 15.7. The molecule has 2 N–H and O–H groups in total. The topological polar surface area (TPSA) is 73.8 Å². The Labute approximate surface area is 257 Å². The molecule has 0 aliphatic carbocycles. The van der Waals surface area contributed by atoms with Gasteiger partial charge in [0.2, 0.25) is 5.91 Å². The van der Waals surface area contributed by atoms with Gasteiger partial charge in [0.05, 0.1) is 26.7 Å². The summed E-state index contributed by atoms with van der Waals surface area (Å²) in [5.74, 6) is -0.549. The summed E-state index contributed by atoms with van der Waals surface area (Å²) in [4.78, 5) is 30.1. The molecule has 1 heterocycles. The predicted octanol–water partition coefficient (Wildman–Crippen LogP) is 10.2. The predicted molar refractivity (Wildman–Crippen MR) is 170 cm³/mol. The number of halogens is 4. The number of hydrazine groups is 1. The highest BCUT2D eigenvalue weighted by Gasteiger charge is 2.37. The average Bonchev–Trinajstić information content (AvgIpc) is 3.17. The van der Waals surface area contributed by atoms with Gasteiger partial charge in [-0.2, -0.15) is 0 Å². The molecule has 0 spiro atoms. The molecule has 1 aliphatic rings. The summed E-state index contributed by atoms with van der Waals surface area (Å²) in [6.45, 7) is 3.96. The van der Waals surface area contributed by atoms with Gasteiger partial charge in [0.15, 0.2) is 0 Å².